The highest BCUT2D eigenvalue weighted by molar-refractivity contribution is 5.94. The monoisotopic (exact) mass is 353 g/mol. The van der Waals surface area contributed by atoms with Crippen LogP contribution >= 0.6 is 0 Å². The fourth-order valence-corrected chi connectivity index (χ4v) is 3.08. The summed E-state index contributed by atoms with van der Waals surface area (Å²) in [5.74, 6) is 0.869. The maximum absolute atomic E-state index is 12.3. The zero-order chi connectivity index (χ0) is 18.4. The molecule has 0 aromatic carbocycles. The van der Waals surface area contributed by atoms with Crippen molar-refractivity contribution < 1.29 is 4.79 Å². The van der Waals surface area contributed by atoms with E-state index >= 15 is 0 Å². The van der Waals surface area contributed by atoms with E-state index in [2.05, 4.69) is 39.1 Å². The molecular formula is C20H27N5O. The maximum Gasteiger partial charge on any atom is 0.252 e. The molecule has 0 spiro atoms. The molecule has 1 atom stereocenters. The molecule has 1 aliphatic heterocycles. The standard InChI is InChI=1S/C20H27N5O/c1-16-15-25(13-12-24(16)2)19-9-8-17(14-23-19)20(26)22-11-5-7-18-6-3-4-10-21-18/h3-4,6,8-10,14,16H,5,7,11-13,15H2,1-2H3,(H,22,26). The van der Waals surface area contributed by atoms with Crippen LogP contribution in [0.3, 0.4) is 0 Å². The average molecular weight is 353 g/mol. The Labute approximate surface area is 155 Å². The molecule has 1 saturated heterocycles. The van der Waals surface area contributed by atoms with Gasteiger partial charge >= 0.3 is 0 Å². The van der Waals surface area contributed by atoms with Gasteiger partial charge in [0.25, 0.3) is 5.91 Å². The van der Waals surface area contributed by atoms with Gasteiger partial charge in [-0.25, -0.2) is 4.98 Å². The largest absolute Gasteiger partial charge is 0.354 e. The molecular weight excluding hydrogens is 326 g/mol. The summed E-state index contributed by atoms with van der Waals surface area (Å²) < 4.78 is 0. The number of piperazine rings is 1. The molecule has 138 valence electrons. The van der Waals surface area contributed by atoms with Gasteiger partial charge in [-0.3, -0.25) is 9.78 Å². The van der Waals surface area contributed by atoms with Crippen LogP contribution < -0.4 is 10.2 Å². The highest BCUT2D eigenvalue weighted by Crippen LogP contribution is 2.16. The number of amides is 1. The molecule has 3 heterocycles. The molecule has 6 heteroatoms. The molecule has 0 saturated carbocycles. The minimum atomic E-state index is -0.0724. The number of anilines is 1. The number of aryl methyl sites for hydroxylation is 1. The van der Waals surface area contributed by atoms with Crippen molar-refractivity contribution in [2.24, 2.45) is 0 Å². The van der Waals surface area contributed by atoms with E-state index in [1.165, 1.54) is 0 Å². The first-order chi connectivity index (χ1) is 12.6. The van der Waals surface area contributed by atoms with Crippen molar-refractivity contribution in [2.45, 2.75) is 25.8 Å². The lowest BCUT2D eigenvalue weighted by Gasteiger charge is -2.38. The second-order valence-corrected chi connectivity index (χ2v) is 6.86. The van der Waals surface area contributed by atoms with E-state index in [1.54, 1.807) is 12.4 Å². The van der Waals surface area contributed by atoms with Gasteiger partial charge < -0.3 is 15.1 Å². The number of likely N-dealkylation sites (N-methyl/N-ethyl adjacent to an activating group) is 1. The van der Waals surface area contributed by atoms with Crippen LogP contribution in [0.1, 0.15) is 29.4 Å². The van der Waals surface area contributed by atoms with E-state index in [0.29, 0.717) is 18.2 Å². The number of aromatic nitrogens is 2. The molecule has 0 radical (unpaired) electrons. The van der Waals surface area contributed by atoms with Gasteiger partial charge in [0.15, 0.2) is 0 Å². The van der Waals surface area contributed by atoms with E-state index in [9.17, 15) is 4.79 Å². The van der Waals surface area contributed by atoms with Gasteiger partial charge in [-0.05, 0) is 51.1 Å². The fraction of sp³-hybridized carbons (Fsp3) is 0.450. The third-order valence-electron chi connectivity index (χ3n) is 4.92. The van der Waals surface area contributed by atoms with E-state index < -0.39 is 0 Å². The molecule has 6 nitrogen and oxygen atoms in total. The molecule has 1 N–H and O–H groups in total. The quantitative estimate of drug-likeness (QED) is 0.805. The summed E-state index contributed by atoms with van der Waals surface area (Å²) in [4.78, 5) is 25.7. The number of rotatable bonds is 6. The lowest BCUT2D eigenvalue weighted by molar-refractivity contribution is 0.0953. The molecule has 1 unspecified atom stereocenters. The van der Waals surface area contributed by atoms with Gasteiger partial charge in [0.1, 0.15) is 5.82 Å². The summed E-state index contributed by atoms with van der Waals surface area (Å²) in [5, 5.41) is 2.95. The minimum Gasteiger partial charge on any atom is -0.354 e. The van der Waals surface area contributed by atoms with Gasteiger partial charge in [0, 0.05) is 50.3 Å². The van der Waals surface area contributed by atoms with Gasteiger partial charge in [-0.15, -0.1) is 0 Å². The Balaban J connectivity index is 1.46. The molecule has 0 bridgehead atoms. The number of carbonyl (C=O) groups is 1. The number of carbonyl (C=O) groups excluding carboxylic acids is 1. The number of nitrogens with one attached hydrogen (secondary N) is 1. The van der Waals surface area contributed by atoms with Crippen LogP contribution in [0, 0.1) is 0 Å². The second-order valence-electron chi connectivity index (χ2n) is 6.86. The van der Waals surface area contributed by atoms with Crippen molar-refractivity contribution in [3.8, 4) is 0 Å². The maximum atomic E-state index is 12.3. The lowest BCUT2D eigenvalue weighted by Crippen LogP contribution is -2.50. The van der Waals surface area contributed by atoms with Crippen molar-refractivity contribution in [3.63, 3.8) is 0 Å². The number of hydrogen-bond acceptors (Lipinski definition) is 5. The van der Waals surface area contributed by atoms with Crippen LogP contribution in [-0.2, 0) is 6.42 Å². The van der Waals surface area contributed by atoms with Gasteiger partial charge in [-0.2, -0.15) is 0 Å². The van der Waals surface area contributed by atoms with Gasteiger partial charge in [-0.1, -0.05) is 6.07 Å². The highest BCUT2D eigenvalue weighted by Gasteiger charge is 2.21. The normalized spacial score (nSPS) is 17.9. The smallest absolute Gasteiger partial charge is 0.252 e. The number of pyridine rings is 2. The zero-order valence-electron chi connectivity index (χ0n) is 15.6. The summed E-state index contributed by atoms with van der Waals surface area (Å²) >= 11 is 0. The van der Waals surface area contributed by atoms with Crippen molar-refractivity contribution >= 4 is 11.7 Å². The summed E-state index contributed by atoms with van der Waals surface area (Å²) in [6.07, 6.45) is 5.20. The Morgan fingerprint density at radius 3 is 2.81 bits per heavy atom. The SMILES string of the molecule is CC1CN(c2ccc(C(=O)NCCCc3ccccn3)cn2)CCN1C. The number of nitrogens with zero attached hydrogens (tertiary/aromatic N) is 4. The minimum absolute atomic E-state index is 0.0724. The molecule has 26 heavy (non-hydrogen) atoms. The molecule has 2 aromatic rings. The second kappa shape index (κ2) is 8.76. The first-order valence-corrected chi connectivity index (χ1v) is 9.23. The molecule has 3 rings (SSSR count). The zero-order valence-corrected chi connectivity index (χ0v) is 15.6. The van der Waals surface area contributed by atoms with Crippen molar-refractivity contribution in [2.75, 3.05) is 38.1 Å². The van der Waals surface area contributed by atoms with E-state index in [0.717, 1.165) is 44.0 Å². The van der Waals surface area contributed by atoms with E-state index in [-0.39, 0.29) is 5.91 Å². The van der Waals surface area contributed by atoms with Gasteiger partial charge in [0.2, 0.25) is 0 Å². The topological polar surface area (TPSA) is 61.4 Å². The van der Waals surface area contributed by atoms with Gasteiger partial charge in [0.05, 0.1) is 5.56 Å². The van der Waals surface area contributed by atoms with Crippen LogP contribution in [0.5, 0.6) is 0 Å². The van der Waals surface area contributed by atoms with Crippen LogP contribution in [0.25, 0.3) is 0 Å². The Morgan fingerprint density at radius 1 is 1.23 bits per heavy atom. The predicted molar refractivity (Wildman–Crippen MR) is 103 cm³/mol. The third-order valence-corrected chi connectivity index (χ3v) is 4.92. The van der Waals surface area contributed by atoms with Crippen LogP contribution in [0.15, 0.2) is 42.7 Å². The molecule has 1 amide bonds. The molecule has 0 aliphatic carbocycles. The highest BCUT2D eigenvalue weighted by atomic mass is 16.1. The molecule has 1 aliphatic rings. The first-order valence-electron chi connectivity index (χ1n) is 9.23. The molecule has 2 aromatic heterocycles. The number of hydrogen-bond donors (Lipinski definition) is 1. The van der Waals surface area contributed by atoms with E-state index in [4.69, 9.17) is 0 Å². The van der Waals surface area contributed by atoms with Crippen LogP contribution in [0.4, 0.5) is 5.82 Å². The Bertz CT molecular complexity index is 704. The van der Waals surface area contributed by atoms with Crippen LogP contribution in [0.2, 0.25) is 0 Å². The Hall–Kier alpha value is -2.47. The van der Waals surface area contributed by atoms with Crippen molar-refractivity contribution in [3.05, 3.63) is 54.0 Å². The summed E-state index contributed by atoms with van der Waals surface area (Å²) in [6.45, 7) is 5.81. The lowest BCUT2D eigenvalue weighted by atomic mass is 10.2. The fourth-order valence-electron chi connectivity index (χ4n) is 3.08. The average Bonchev–Trinajstić information content (AvgIpc) is 2.68. The van der Waals surface area contributed by atoms with E-state index in [1.807, 2.05) is 30.3 Å². The van der Waals surface area contributed by atoms with Crippen LogP contribution in [-0.4, -0.2) is 60.0 Å². The van der Waals surface area contributed by atoms with Crippen molar-refractivity contribution in [1.29, 1.82) is 0 Å². The third kappa shape index (κ3) is 4.79. The van der Waals surface area contributed by atoms with Crippen molar-refractivity contribution in [1.82, 2.24) is 20.2 Å². The first kappa shape index (κ1) is 18.3. The Morgan fingerprint density at radius 2 is 2.12 bits per heavy atom. The summed E-state index contributed by atoms with van der Waals surface area (Å²) in [6, 6.07) is 10.2. The molecule has 1 fully saturated rings. The summed E-state index contributed by atoms with van der Waals surface area (Å²) in [7, 11) is 2.15. The predicted octanol–water partition coefficient (Wildman–Crippen LogP) is 1.98. The Kier molecular flexibility index (Phi) is 6.17. The summed E-state index contributed by atoms with van der Waals surface area (Å²) in [5.41, 5.74) is 1.66.